The van der Waals surface area contributed by atoms with Crippen LogP contribution in [-0.4, -0.2) is 18.5 Å². The molecule has 1 aromatic rings. The quantitative estimate of drug-likeness (QED) is 0.864. The monoisotopic (exact) mass is 272 g/mol. The van der Waals surface area contributed by atoms with E-state index in [0.717, 1.165) is 13.0 Å². The third-order valence-corrected chi connectivity index (χ3v) is 2.94. The highest BCUT2D eigenvalue weighted by Gasteiger charge is 2.24. The number of nitrogens with one attached hydrogen (secondary N) is 2. The summed E-state index contributed by atoms with van der Waals surface area (Å²) in [6.45, 7) is 0.880. The van der Waals surface area contributed by atoms with Crippen LogP contribution < -0.4 is 10.6 Å². The lowest BCUT2D eigenvalue weighted by molar-refractivity contribution is -0.119. The molecule has 1 amide bonds. The van der Waals surface area contributed by atoms with Gasteiger partial charge in [0.1, 0.15) is 5.82 Å². The molecule has 0 radical (unpaired) electrons. The summed E-state index contributed by atoms with van der Waals surface area (Å²) in [4.78, 5) is 11.5. The van der Waals surface area contributed by atoms with Gasteiger partial charge in [0, 0.05) is 5.69 Å². The maximum atomic E-state index is 12.9. The van der Waals surface area contributed by atoms with Gasteiger partial charge in [-0.05, 0) is 47.1 Å². The Bertz CT molecular complexity index is 393. The van der Waals surface area contributed by atoms with E-state index >= 15 is 0 Å². The Kier molecular flexibility index (Phi) is 3.02. The maximum Gasteiger partial charge on any atom is 0.241 e. The molecule has 1 aromatic carbocycles. The summed E-state index contributed by atoms with van der Waals surface area (Å²) in [7, 11) is 0. The van der Waals surface area contributed by atoms with Crippen molar-refractivity contribution in [1.82, 2.24) is 5.32 Å². The Morgan fingerprint density at radius 3 is 2.87 bits per heavy atom. The summed E-state index contributed by atoms with van der Waals surface area (Å²) in [6.07, 6.45) is 0.855. The zero-order chi connectivity index (χ0) is 10.8. The van der Waals surface area contributed by atoms with Gasteiger partial charge in [0.2, 0.25) is 5.91 Å². The number of hydrogen-bond donors (Lipinski definition) is 2. The summed E-state index contributed by atoms with van der Waals surface area (Å²) in [5, 5.41) is 5.71. The SMILES string of the molecule is O=C(Nc1ccc(F)c(Br)c1)[C@H]1CCN1. The molecular weight excluding hydrogens is 263 g/mol. The van der Waals surface area contributed by atoms with Crippen molar-refractivity contribution in [2.24, 2.45) is 0 Å². The minimum absolute atomic E-state index is 0.0697. The zero-order valence-electron chi connectivity index (χ0n) is 7.89. The van der Waals surface area contributed by atoms with Crippen LogP contribution in [0.5, 0.6) is 0 Å². The summed E-state index contributed by atoms with van der Waals surface area (Å²) < 4.78 is 13.2. The van der Waals surface area contributed by atoms with Crippen LogP contribution in [-0.2, 0) is 4.79 Å². The largest absolute Gasteiger partial charge is 0.325 e. The predicted molar refractivity (Wildman–Crippen MR) is 59.1 cm³/mol. The first-order chi connectivity index (χ1) is 7.16. The molecule has 3 nitrogen and oxygen atoms in total. The van der Waals surface area contributed by atoms with Gasteiger partial charge in [-0.3, -0.25) is 4.79 Å². The Morgan fingerprint density at radius 1 is 1.60 bits per heavy atom. The minimum Gasteiger partial charge on any atom is -0.325 e. The molecule has 0 aliphatic carbocycles. The molecule has 2 N–H and O–H groups in total. The third kappa shape index (κ3) is 2.35. The molecule has 2 rings (SSSR count). The highest BCUT2D eigenvalue weighted by atomic mass is 79.9. The number of rotatable bonds is 2. The van der Waals surface area contributed by atoms with Crippen LogP contribution >= 0.6 is 15.9 Å². The molecule has 0 aromatic heterocycles. The van der Waals surface area contributed by atoms with Crippen molar-refractivity contribution in [2.75, 3.05) is 11.9 Å². The van der Waals surface area contributed by atoms with Gasteiger partial charge in [0.25, 0.3) is 0 Å². The van der Waals surface area contributed by atoms with E-state index in [4.69, 9.17) is 0 Å². The Hall–Kier alpha value is -0.940. The molecule has 0 saturated carbocycles. The van der Waals surface area contributed by atoms with Crippen molar-refractivity contribution in [3.63, 3.8) is 0 Å². The second kappa shape index (κ2) is 4.28. The van der Waals surface area contributed by atoms with Crippen LogP contribution in [0.1, 0.15) is 6.42 Å². The first-order valence-corrected chi connectivity index (χ1v) is 5.45. The molecule has 1 saturated heterocycles. The molecule has 1 aliphatic heterocycles. The second-order valence-corrected chi connectivity index (χ2v) is 4.27. The van der Waals surface area contributed by atoms with Crippen molar-refractivity contribution in [3.8, 4) is 0 Å². The van der Waals surface area contributed by atoms with Crippen LogP contribution in [0.3, 0.4) is 0 Å². The van der Waals surface area contributed by atoms with E-state index in [1.165, 1.54) is 12.1 Å². The number of benzene rings is 1. The van der Waals surface area contributed by atoms with E-state index in [9.17, 15) is 9.18 Å². The zero-order valence-corrected chi connectivity index (χ0v) is 9.47. The average molecular weight is 273 g/mol. The molecular formula is C10H10BrFN2O. The van der Waals surface area contributed by atoms with Crippen molar-refractivity contribution >= 4 is 27.5 Å². The lowest BCUT2D eigenvalue weighted by Gasteiger charge is -2.26. The number of halogens is 2. The topological polar surface area (TPSA) is 41.1 Å². The third-order valence-electron chi connectivity index (χ3n) is 2.33. The van der Waals surface area contributed by atoms with Crippen LogP contribution in [0.4, 0.5) is 10.1 Å². The van der Waals surface area contributed by atoms with Crippen molar-refractivity contribution in [1.29, 1.82) is 0 Å². The number of carbonyl (C=O) groups is 1. The van der Waals surface area contributed by atoms with Crippen molar-refractivity contribution < 1.29 is 9.18 Å². The number of hydrogen-bond acceptors (Lipinski definition) is 2. The van der Waals surface area contributed by atoms with Crippen molar-refractivity contribution in [3.05, 3.63) is 28.5 Å². The Morgan fingerprint density at radius 2 is 2.33 bits per heavy atom. The Labute approximate surface area is 95.2 Å². The highest BCUT2D eigenvalue weighted by Crippen LogP contribution is 2.20. The molecule has 1 atom stereocenters. The molecule has 1 aliphatic rings. The fourth-order valence-electron chi connectivity index (χ4n) is 1.32. The van der Waals surface area contributed by atoms with Gasteiger partial charge in [-0.15, -0.1) is 0 Å². The lowest BCUT2D eigenvalue weighted by Crippen LogP contribution is -2.50. The average Bonchev–Trinajstić information content (AvgIpc) is 2.08. The maximum absolute atomic E-state index is 12.9. The molecule has 15 heavy (non-hydrogen) atoms. The summed E-state index contributed by atoms with van der Waals surface area (Å²) in [6, 6.07) is 4.30. The summed E-state index contributed by atoms with van der Waals surface area (Å²) in [5.41, 5.74) is 0.599. The fourth-order valence-corrected chi connectivity index (χ4v) is 1.69. The van der Waals surface area contributed by atoms with E-state index in [-0.39, 0.29) is 17.8 Å². The van der Waals surface area contributed by atoms with Gasteiger partial charge < -0.3 is 10.6 Å². The van der Waals surface area contributed by atoms with Crippen LogP contribution in [0.2, 0.25) is 0 Å². The standard InChI is InChI=1S/C10H10BrFN2O/c11-7-5-6(1-2-8(7)12)14-10(15)9-3-4-13-9/h1-2,5,9,13H,3-4H2,(H,14,15)/t9-/m1/s1. The first kappa shape index (κ1) is 10.6. The van der Waals surface area contributed by atoms with E-state index in [0.29, 0.717) is 10.2 Å². The van der Waals surface area contributed by atoms with Crippen LogP contribution in [0, 0.1) is 5.82 Å². The fraction of sp³-hybridized carbons (Fsp3) is 0.300. The van der Waals surface area contributed by atoms with Gasteiger partial charge in [-0.2, -0.15) is 0 Å². The number of anilines is 1. The van der Waals surface area contributed by atoms with Gasteiger partial charge in [-0.25, -0.2) is 4.39 Å². The Balaban J connectivity index is 2.03. The molecule has 1 heterocycles. The molecule has 1 fully saturated rings. The normalized spacial score (nSPS) is 19.5. The van der Waals surface area contributed by atoms with E-state index < -0.39 is 0 Å². The van der Waals surface area contributed by atoms with E-state index in [1.54, 1.807) is 6.07 Å². The van der Waals surface area contributed by atoms with Crippen LogP contribution in [0.25, 0.3) is 0 Å². The smallest absolute Gasteiger partial charge is 0.241 e. The highest BCUT2D eigenvalue weighted by molar-refractivity contribution is 9.10. The molecule has 5 heteroatoms. The van der Waals surface area contributed by atoms with Gasteiger partial charge in [-0.1, -0.05) is 0 Å². The van der Waals surface area contributed by atoms with Gasteiger partial charge in [0.05, 0.1) is 10.5 Å². The summed E-state index contributed by atoms with van der Waals surface area (Å²) in [5.74, 6) is -0.408. The minimum atomic E-state index is -0.338. The number of amides is 1. The molecule has 80 valence electrons. The molecule has 0 unspecified atom stereocenters. The van der Waals surface area contributed by atoms with Crippen LogP contribution in [0.15, 0.2) is 22.7 Å². The van der Waals surface area contributed by atoms with E-state index in [1.807, 2.05) is 0 Å². The van der Waals surface area contributed by atoms with Gasteiger partial charge in [0.15, 0.2) is 0 Å². The van der Waals surface area contributed by atoms with E-state index in [2.05, 4.69) is 26.6 Å². The predicted octanol–water partition coefficient (Wildman–Crippen LogP) is 1.89. The second-order valence-electron chi connectivity index (χ2n) is 3.41. The lowest BCUT2D eigenvalue weighted by atomic mass is 10.1. The number of carbonyl (C=O) groups excluding carboxylic acids is 1. The first-order valence-electron chi connectivity index (χ1n) is 4.66. The summed E-state index contributed by atoms with van der Waals surface area (Å²) >= 11 is 3.06. The van der Waals surface area contributed by atoms with Gasteiger partial charge >= 0.3 is 0 Å². The van der Waals surface area contributed by atoms with Crippen molar-refractivity contribution in [2.45, 2.75) is 12.5 Å². The molecule has 0 spiro atoms. The molecule has 0 bridgehead atoms.